The molecule has 0 radical (unpaired) electrons. The number of ether oxygens (including phenoxy) is 1. The average molecular weight is 218 g/mol. The molecule has 1 aromatic rings. The molecule has 0 heterocycles. The van der Waals surface area contributed by atoms with E-state index in [0.717, 1.165) is 5.56 Å². The largest absolute Gasteiger partial charge is 0.378 e. The van der Waals surface area contributed by atoms with E-state index < -0.39 is 5.60 Å². The molecule has 1 rings (SSSR count). The van der Waals surface area contributed by atoms with Gasteiger partial charge in [0.05, 0.1) is 12.7 Å². The second-order valence-electron chi connectivity index (χ2n) is 3.66. The molecule has 0 amide bonds. The smallest absolute Gasteiger partial charge is 0.133 e. The van der Waals surface area contributed by atoms with Crippen LogP contribution < -0.4 is 0 Å². The van der Waals surface area contributed by atoms with Crippen molar-refractivity contribution in [3.63, 3.8) is 0 Å². The lowest BCUT2D eigenvalue weighted by atomic mass is 9.89. The van der Waals surface area contributed by atoms with Crippen LogP contribution in [0, 0.1) is 0 Å². The normalized spacial score (nSPS) is 16.1. The third kappa shape index (κ3) is 2.60. The molecule has 0 unspecified atom stereocenters. The van der Waals surface area contributed by atoms with Crippen LogP contribution in [0.2, 0.25) is 0 Å². The molecule has 1 aromatic carbocycles. The Morgan fingerprint density at radius 3 is 2.50 bits per heavy atom. The van der Waals surface area contributed by atoms with Crippen molar-refractivity contribution < 1.29 is 9.84 Å². The fraction of sp³-hybridized carbons (Fsp3) is 0.286. The Labute approximate surface area is 96.9 Å². The second-order valence-corrected chi connectivity index (χ2v) is 3.66. The molecule has 0 aliphatic heterocycles. The van der Waals surface area contributed by atoms with E-state index in [1.165, 1.54) is 6.08 Å². The molecule has 0 fully saturated rings. The predicted molar refractivity (Wildman–Crippen MR) is 66.1 cm³/mol. The van der Waals surface area contributed by atoms with Crippen molar-refractivity contribution in [1.82, 2.24) is 0 Å². The van der Waals surface area contributed by atoms with Gasteiger partial charge < -0.3 is 9.84 Å². The number of rotatable bonds is 6. The van der Waals surface area contributed by atoms with Gasteiger partial charge in [-0.25, -0.2) is 0 Å². The fourth-order valence-corrected chi connectivity index (χ4v) is 1.56. The summed E-state index contributed by atoms with van der Waals surface area (Å²) in [5, 5.41) is 10.5. The Balaban J connectivity index is 2.93. The van der Waals surface area contributed by atoms with Gasteiger partial charge in [0, 0.05) is 0 Å². The van der Waals surface area contributed by atoms with Gasteiger partial charge in [-0.3, -0.25) is 0 Å². The molecule has 0 aromatic heterocycles. The van der Waals surface area contributed by atoms with Crippen molar-refractivity contribution in [2.75, 3.05) is 6.61 Å². The summed E-state index contributed by atoms with van der Waals surface area (Å²) in [6.45, 7) is 9.49. The zero-order chi connectivity index (χ0) is 12.0. The van der Waals surface area contributed by atoms with Crippen molar-refractivity contribution >= 4 is 0 Å². The quantitative estimate of drug-likeness (QED) is 0.744. The molecule has 0 saturated carbocycles. The van der Waals surface area contributed by atoms with Crippen molar-refractivity contribution in [1.29, 1.82) is 0 Å². The van der Waals surface area contributed by atoms with Gasteiger partial charge in [0.25, 0.3) is 0 Å². The maximum atomic E-state index is 10.5. The monoisotopic (exact) mass is 218 g/mol. The molecule has 0 saturated heterocycles. The zero-order valence-electron chi connectivity index (χ0n) is 9.60. The summed E-state index contributed by atoms with van der Waals surface area (Å²) in [6, 6.07) is 9.38. The molecular weight excluding hydrogens is 200 g/mol. The van der Waals surface area contributed by atoms with Crippen molar-refractivity contribution in [3.05, 3.63) is 61.2 Å². The lowest BCUT2D eigenvalue weighted by Crippen LogP contribution is -2.37. The van der Waals surface area contributed by atoms with E-state index in [4.69, 9.17) is 4.74 Å². The van der Waals surface area contributed by atoms with Crippen molar-refractivity contribution in [3.8, 4) is 0 Å². The van der Waals surface area contributed by atoms with Gasteiger partial charge in [0.2, 0.25) is 0 Å². The van der Waals surface area contributed by atoms with Crippen LogP contribution in [-0.2, 0) is 10.3 Å². The minimum absolute atomic E-state index is 0.370. The summed E-state index contributed by atoms with van der Waals surface area (Å²) in [4.78, 5) is 0. The first kappa shape index (κ1) is 12.7. The number of aliphatic hydroxyl groups is 1. The Morgan fingerprint density at radius 2 is 2.00 bits per heavy atom. The summed E-state index contributed by atoms with van der Waals surface area (Å²) < 4.78 is 5.46. The highest BCUT2D eigenvalue weighted by molar-refractivity contribution is 5.28. The van der Waals surface area contributed by atoms with Gasteiger partial charge in [-0.15, -0.1) is 6.58 Å². The van der Waals surface area contributed by atoms with E-state index >= 15 is 0 Å². The summed E-state index contributed by atoms with van der Waals surface area (Å²) in [5.41, 5.74) is -0.383. The lowest BCUT2D eigenvalue weighted by Gasteiger charge is -2.31. The maximum Gasteiger partial charge on any atom is 0.133 e. The van der Waals surface area contributed by atoms with E-state index in [9.17, 15) is 5.11 Å². The highest BCUT2D eigenvalue weighted by atomic mass is 16.5. The Kier molecular flexibility index (Phi) is 4.47. The molecule has 86 valence electrons. The first-order valence-electron chi connectivity index (χ1n) is 5.29. The van der Waals surface area contributed by atoms with Gasteiger partial charge in [-0.1, -0.05) is 49.1 Å². The maximum absolute atomic E-state index is 10.5. The van der Waals surface area contributed by atoms with Crippen molar-refractivity contribution in [2.45, 2.75) is 18.6 Å². The third-order valence-corrected chi connectivity index (χ3v) is 2.63. The molecule has 2 heteroatoms. The summed E-state index contributed by atoms with van der Waals surface area (Å²) in [7, 11) is 0. The Hall–Kier alpha value is -1.38. The number of hydrogen-bond acceptors (Lipinski definition) is 2. The van der Waals surface area contributed by atoms with Crippen LogP contribution >= 0.6 is 0 Å². The zero-order valence-corrected chi connectivity index (χ0v) is 9.60. The molecule has 0 spiro atoms. The molecule has 0 aliphatic rings. The van der Waals surface area contributed by atoms with Crippen LogP contribution in [0.4, 0.5) is 0 Å². The average Bonchev–Trinajstić information content (AvgIpc) is 2.35. The van der Waals surface area contributed by atoms with Crippen LogP contribution in [0.5, 0.6) is 0 Å². The van der Waals surface area contributed by atoms with Crippen LogP contribution in [-0.4, -0.2) is 17.8 Å². The highest BCUT2D eigenvalue weighted by Gasteiger charge is 2.32. The third-order valence-electron chi connectivity index (χ3n) is 2.63. The summed E-state index contributed by atoms with van der Waals surface area (Å²) >= 11 is 0. The van der Waals surface area contributed by atoms with Gasteiger partial charge in [-0.2, -0.15) is 0 Å². The SMILES string of the molecule is C=CCO[C@H](C)[C@](O)(C=C)c1ccccc1. The van der Waals surface area contributed by atoms with E-state index in [1.54, 1.807) is 6.08 Å². The van der Waals surface area contributed by atoms with Gasteiger partial charge in [-0.05, 0) is 12.5 Å². The topological polar surface area (TPSA) is 29.5 Å². The van der Waals surface area contributed by atoms with Gasteiger partial charge in [0.15, 0.2) is 0 Å². The highest BCUT2D eigenvalue weighted by Crippen LogP contribution is 2.28. The summed E-state index contributed by atoms with van der Waals surface area (Å²) in [5.74, 6) is 0. The standard InChI is InChI=1S/C14H18O2/c1-4-11-16-12(3)14(15,5-2)13-9-7-6-8-10-13/h4-10,12,15H,1-2,11H2,3H3/t12-,14-/m1/s1. The molecule has 1 N–H and O–H groups in total. The van der Waals surface area contributed by atoms with Crippen LogP contribution in [0.25, 0.3) is 0 Å². The number of hydrogen-bond donors (Lipinski definition) is 1. The molecule has 2 nitrogen and oxygen atoms in total. The van der Waals surface area contributed by atoms with E-state index in [-0.39, 0.29) is 6.10 Å². The first-order valence-corrected chi connectivity index (χ1v) is 5.29. The van der Waals surface area contributed by atoms with E-state index in [2.05, 4.69) is 13.2 Å². The molecule has 16 heavy (non-hydrogen) atoms. The van der Waals surface area contributed by atoms with Crippen LogP contribution in [0.3, 0.4) is 0 Å². The second kappa shape index (κ2) is 5.64. The van der Waals surface area contributed by atoms with Gasteiger partial charge >= 0.3 is 0 Å². The van der Waals surface area contributed by atoms with E-state index in [0.29, 0.717) is 6.61 Å². The summed E-state index contributed by atoms with van der Waals surface area (Å²) in [6.07, 6.45) is 2.80. The molecule has 0 bridgehead atoms. The predicted octanol–water partition coefficient (Wildman–Crippen LogP) is 2.65. The Bertz CT molecular complexity index is 345. The van der Waals surface area contributed by atoms with E-state index in [1.807, 2.05) is 37.3 Å². The molecular formula is C14H18O2. The lowest BCUT2D eigenvalue weighted by molar-refractivity contribution is -0.0674. The first-order chi connectivity index (χ1) is 7.65. The number of benzene rings is 1. The molecule has 0 aliphatic carbocycles. The minimum Gasteiger partial charge on any atom is -0.378 e. The molecule has 2 atom stereocenters. The fourth-order valence-electron chi connectivity index (χ4n) is 1.56. The van der Waals surface area contributed by atoms with Crippen molar-refractivity contribution in [2.24, 2.45) is 0 Å². The van der Waals surface area contributed by atoms with Gasteiger partial charge in [0.1, 0.15) is 5.60 Å². The van der Waals surface area contributed by atoms with Crippen LogP contribution in [0.1, 0.15) is 12.5 Å². The Morgan fingerprint density at radius 1 is 1.38 bits per heavy atom. The van der Waals surface area contributed by atoms with Crippen LogP contribution in [0.15, 0.2) is 55.6 Å². The minimum atomic E-state index is -1.16.